The van der Waals surface area contributed by atoms with E-state index in [2.05, 4.69) is 20.5 Å². The number of nitrogens with zero attached hydrogens (tertiary/aromatic N) is 5. The summed E-state index contributed by atoms with van der Waals surface area (Å²) in [4.78, 5) is 42.1. The zero-order chi connectivity index (χ0) is 24.8. The number of nitrogens with one attached hydrogen (secondary N) is 2. The topological polar surface area (TPSA) is 103 Å². The van der Waals surface area contributed by atoms with Crippen LogP contribution in [0.5, 0.6) is 0 Å². The molecule has 0 atom stereocenters. The molecule has 0 aliphatic carbocycles. The number of thiazole rings is 1. The molecule has 3 aromatic heterocycles. The summed E-state index contributed by atoms with van der Waals surface area (Å²) in [6, 6.07) is 10.0. The summed E-state index contributed by atoms with van der Waals surface area (Å²) in [6.07, 6.45) is 5.37. The SMILES string of the molecule is CC(=O)NCCN(c1ncc(-c2cccc(Nc3cc(C)ccn3)n2)s1)C1CCN(C(C)=O)CC1. The molecule has 0 aromatic carbocycles. The predicted octanol–water partition coefficient (Wildman–Crippen LogP) is 3.61. The zero-order valence-electron chi connectivity index (χ0n) is 20.3. The maximum Gasteiger partial charge on any atom is 0.219 e. The molecule has 1 fully saturated rings. The Kier molecular flexibility index (Phi) is 7.91. The van der Waals surface area contributed by atoms with Crippen LogP contribution in [0.4, 0.5) is 16.8 Å². The molecule has 2 N–H and O–H groups in total. The second kappa shape index (κ2) is 11.3. The fraction of sp³-hybridized carbons (Fsp3) is 0.400. The highest BCUT2D eigenvalue weighted by Crippen LogP contribution is 2.33. The molecule has 0 saturated carbocycles. The van der Waals surface area contributed by atoms with Gasteiger partial charge < -0.3 is 20.4 Å². The number of amides is 2. The van der Waals surface area contributed by atoms with Crippen molar-refractivity contribution in [3.63, 3.8) is 0 Å². The molecule has 2 amide bonds. The molecular weight excluding hydrogens is 462 g/mol. The van der Waals surface area contributed by atoms with Crippen LogP contribution in [-0.4, -0.2) is 63.9 Å². The Morgan fingerprint density at radius 2 is 1.94 bits per heavy atom. The van der Waals surface area contributed by atoms with Crippen LogP contribution in [0.1, 0.15) is 32.3 Å². The van der Waals surface area contributed by atoms with E-state index in [1.165, 1.54) is 6.92 Å². The molecule has 0 radical (unpaired) electrons. The van der Waals surface area contributed by atoms with Crippen LogP contribution in [0.3, 0.4) is 0 Å². The fourth-order valence-electron chi connectivity index (χ4n) is 4.17. The minimum Gasteiger partial charge on any atom is -0.355 e. The average molecular weight is 494 g/mol. The average Bonchev–Trinajstić information content (AvgIpc) is 3.32. The molecule has 10 heteroatoms. The number of piperidine rings is 1. The Bertz CT molecular complexity index is 1170. The molecule has 4 heterocycles. The number of pyridine rings is 2. The second-order valence-corrected chi connectivity index (χ2v) is 9.68. The molecule has 3 aromatic rings. The number of hydrogen-bond donors (Lipinski definition) is 2. The van der Waals surface area contributed by atoms with Crippen molar-refractivity contribution in [2.24, 2.45) is 0 Å². The van der Waals surface area contributed by atoms with Gasteiger partial charge in [-0.2, -0.15) is 0 Å². The van der Waals surface area contributed by atoms with E-state index in [1.807, 2.05) is 48.4 Å². The van der Waals surface area contributed by atoms with Gasteiger partial charge in [0.25, 0.3) is 0 Å². The summed E-state index contributed by atoms with van der Waals surface area (Å²) in [5, 5.41) is 7.05. The van der Waals surface area contributed by atoms with Crippen LogP contribution in [0, 0.1) is 6.92 Å². The first-order valence-corrected chi connectivity index (χ1v) is 12.6. The van der Waals surface area contributed by atoms with Gasteiger partial charge in [-0.1, -0.05) is 17.4 Å². The first-order chi connectivity index (χ1) is 16.9. The number of carbonyl (C=O) groups is 2. The van der Waals surface area contributed by atoms with Crippen LogP contribution in [0.2, 0.25) is 0 Å². The molecule has 0 bridgehead atoms. The molecule has 35 heavy (non-hydrogen) atoms. The van der Waals surface area contributed by atoms with E-state index in [9.17, 15) is 9.59 Å². The molecule has 184 valence electrons. The van der Waals surface area contributed by atoms with E-state index in [1.54, 1.807) is 24.5 Å². The largest absolute Gasteiger partial charge is 0.355 e. The maximum atomic E-state index is 11.8. The van der Waals surface area contributed by atoms with Crippen molar-refractivity contribution >= 4 is 39.9 Å². The molecule has 1 saturated heterocycles. The Morgan fingerprint density at radius 1 is 1.14 bits per heavy atom. The van der Waals surface area contributed by atoms with Crippen molar-refractivity contribution in [1.29, 1.82) is 0 Å². The lowest BCUT2D eigenvalue weighted by Gasteiger charge is -2.38. The number of aromatic nitrogens is 3. The summed E-state index contributed by atoms with van der Waals surface area (Å²) >= 11 is 1.59. The van der Waals surface area contributed by atoms with Crippen molar-refractivity contribution in [3.8, 4) is 10.6 Å². The first-order valence-electron chi connectivity index (χ1n) is 11.8. The summed E-state index contributed by atoms with van der Waals surface area (Å²) in [5.74, 6) is 1.54. The van der Waals surface area contributed by atoms with Crippen molar-refractivity contribution in [2.45, 2.75) is 39.7 Å². The van der Waals surface area contributed by atoms with E-state index >= 15 is 0 Å². The number of hydrogen-bond acceptors (Lipinski definition) is 8. The minimum absolute atomic E-state index is 0.0483. The van der Waals surface area contributed by atoms with Gasteiger partial charge >= 0.3 is 0 Å². The van der Waals surface area contributed by atoms with Crippen LogP contribution in [-0.2, 0) is 9.59 Å². The molecule has 9 nitrogen and oxygen atoms in total. The zero-order valence-corrected chi connectivity index (χ0v) is 21.1. The summed E-state index contributed by atoms with van der Waals surface area (Å²) in [6.45, 7) is 7.83. The normalized spacial score (nSPS) is 14.0. The van der Waals surface area contributed by atoms with Crippen molar-refractivity contribution in [2.75, 3.05) is 36.4 Å². The van der Waals surface area contributed by atoms with Crippen LogP contribution in [0.15, 0.2) is 42.7 Å². The van der Waals surface area contributed by atoms with Crippen molar-refractivity contribution < 1.29 is 9.59 Å². The van der Waals surface area contributed by atoms with Gasteiger partial charge in [0.1, 0.15) is 11.6 Å². The van der Waals surface area contributed by atoms with Crippen molar-refractivity contribution in [1.82, 2.24) is 25.2 Å². The van der Waals surface area contributed by atoms with Gasteiger partial charge in [0.05, 0.1) is 10.6 Å². The van der Waals surface area contributed by atoms with Gasteiger partial charge in [0.2, 0.25) is 11.8 Å². The highest BCUT2D eigenvalue weighted by Gasteiger charge is 2.27. The third kappa shape index (κ3) is 6.54. The Labute approximate surface area is 209 Å². The van der Waals surface area contributed by atoms with Crippen LogP contribution in [0.25, 0.3) is 10.6 Å². The predicted molar refractivity (Wildman–Crippen MR) is 139 cm³/mol. The maximum absolute atomic E-state index is 11.8. The van der Waals surface area contributed by atoms with Gasteiger partial charge in [-0.15, -0.1) is 0 Å². The molecular formula is C25H31N7O2S. The number of carbonyl (C=O) groups excluding carboxylic acids is 2. The molecule has 0 unspecified atom stereocenters. The lowest BCUT2D eigenvalue weighted by atomic mass is 10.0. The number of anilines is 3. The van der Waals surface area contributed by atoms with Gasteiger partial charge in [0.15, 0.2) is 5.13 Å². The molecule has 4 rings (SSSR count). The Balaban J connectivity index is 1.51. The number of aryl methyl sites for hydroxylation is 1. The third-order valence-corrected chi connectivity index (χ3v) is 7.05. The van der Waals surface area contributed by atoms with Crippen molar-refractivity contribution in [3.05, 3.63) is 48.3 Å². The molecule has 0 spiro atoms. The van der Waals surface area contributed by atoms with Gasteiger partial charge in [-0.05, 0) is 49.6 Å². The van der Waals surface area contributed by atoms with E-state index in [0.717, 1.165) is 58.8 Å². The minimum atomic E-state index is -0.0483. The van der Waals surface area contributed by atoms with E-state index < -0.39 is 0 Å². The molecule has 1 aliphatic heterocycles. The van der Waals surface area contributed by atoms with E-state index in [0.29, 0.717) is 13.1 Å². The highest BCUT2D eigenvalue weighted by molar-refractivity contribution is 7.18. The van der Waals surface area contributed by atoms with E-state index in [4.69, 9.17) is 9.97 Å². The lowest BCUT2D eigenvalue weighted by Crippen LogP contribution is -2.48. The van der Waals surface area contributed by atoms with Gasteiger partial charge in [-0.3, -0.25) is 9.59 Å². The number of rotatable bonds is 8. The van der Waals surface area contributed by atoms with Gasteiger partial charge in [-0.25, -0.2) is 15.0 Å². The monoisotopic (exact) mass is 493 g/mol. The smallest absolute Gasteiger partial charge is 0.219 e. The molecule has 1 aliphatic rings. The van der Waals surface area contributed by atoms with Gasteiger partial charge in [0, 0.05) is 58.5 Å². The Morgan fingerprint density at radius 3 is 2.66 bits per heavy atom. The number of likely N-dealkylation sites (tertiary alicyclic amines) is 1. The summed E-state index contributed by atoms with van der Waals surface area (Å²) in [7, 11) is 0. The quantitative estimate of drug-likeness (QED) is 0.494. The summed E-state index contributed by atoms with van der Waals surface area (Å²) in [5.41, 5.74) is 1.96. The highest BCUT2D eigenvalue weighted by atomic mass is 32.1. The fourth-order valence-corrected chi connectivity index (χ4v) is 5.16. The Hall–Kier alpha value is -3.53. The second-order valence-electron chi connectivity index (χ2n) is 8.67. The standard InChI is InChI=1S/C25H31N7O2S/c1-17-7-10-27-24(15-17)30-23-6-4-5-21(29-23)22-16-28-25(35-22)32(14-11-26-18(2)33)20-8-12-31(13-9-20)19(3)34/h4-7,10,15-16,20H,8-9,11-14H2,1-3H3,(H,26,33)(H,27,29,30). The third-order valence-electron chi connectivity index (χ3n) is 5.99. The lowest BCUT2D eigenvalue weighted by molar-refractivity contribution is -0.129. The van der Waals surface area contributed by atoms with E-state index in [-0.39, 0.29) is 17.9 Å². The first kappa shape index (κ1) is 24.6. The van der Waals surface area contributed by atoms with Crippen LogP contribution >= 0.6 is 11.3 Å². The summed E-state index contributed by atoms with van der Waals surface area (Å²) < 4.78 is 0. The van der Waals surface area contributed by atoms with Crippen LogP contribution < -0.4 is 15.5 Å².